The maximum absolute atomic E-state index is 13.1. The average Bonchev–Trinajstić information content (AvgIpc) is 3.33. The van der Waals surface area contributed by atoms with Gasteiger partial charge < -0.3 is 33.8 Å². The van der Waals surface area contributed by atoms with Crippen molar-refractivity contribution in [1.82, 2.24) is 0 Å². The summed E-state index contributed by atoms with van der Waals surface area (Å²) in [4.78, 5) is 72.3. The number of rotatable bonds is 74. The van der Waals surface area contributed by atoms with Crippen molar-refractivity contribution < 1.29 is 80.2 Å². The van der Waals surface area contributed by atoms with Gasteiger partial charge in [-0.1, -0.05) is 336 Å². The number of hydrogen-bond donors (Lipinski definition) is 3. The first-order chi connectivity index (χ1) is 44.7. The number of unbranched alkanes of at least 4 members (excludes halogenated alkanes) is 48. The lowest BCUT2D eigenvalue weighted by molar-refractivity contribution is -0.161. The van der Waals surface area contributed by atoms with E-state index in [1.165, 1.54) is 212 Å². The molecule has 0 radical (unpaired) electrons. The smallest absolute Gasteiger partial charge is 0.462 e. The van der Waals surface area contributed by atoms with Gasteiger partial charge in [0.25, 0.3) is 0 Å². The van der Waals surface area contributed by atoms with Gasteiger partial charge >= 0.3 is 39.5 Å². The van der Waals surface area contributed by atoms with Crippen LogP contribution in [0.5, 0.6) is 0 Å². The van der Waals surface area contributed by atoms with Crippen molar-refractivity contribution in [3.63, 3.8) is 0 Å². The van der Waals surface area contributed by atoms with E-state index in [9.17, 15) is 43.2 Å². The lowest BCUT2D eigenvalue weighted by Crippen LogP contribution is -2.30. The van der Waals surface area contributed by atoms with Gasteiger partial charge in [0.05, 0.1) is 26.4 Å². The fourth-order valence-electron chi connectivity index (χ4n) is 11.2. The molecule has 0 rings (SSSR count). The van der Waals surface area contributed by atoms with Gasteiger partial charge in [0.15, 0.2) is 12.2 Å². The number of esters is 4. The third-order valence-corrected chi connectivity index (χ3v) is 19.0. The van der Waals surface area contributed by atoms with Crippen LogP contribution in [0.25, 0.3) is 0 Å². The standard InChI is InChI=1S/C73H142O17P2/c1-5-9-13-17-20-23-25-27-29-31-32-33-34-35-36-38-40-42-45-48-52-56-60-73(78)90-69(64-84-71(76)58-54-50-46-44-41-39-37-30-28-26-24-21-18-14-10-6-2)66-88-92(81,82)86-62-67(74)61-85-91(79,80)87-65-68(63-83-70(75)57-53-49-16-12-8-4)89-72(77)59-55-51-47-43-22-19-15-11-7-3/h67-69,74H,5-66H2,1-4H3,(H,79,80)(H,81,82)/t67-,68+,69+/m0/s1. The summed E-state index contributed by atoms with van der Waals surface area (Å²) < 4.78 is 68.1. The molecule has 0 heterocycles. The SMILES string of the molecule is CCCCCCCCCCCCCCCCCCCCCCCCC(=O)O[C@H](COC(=O)CCCCCCCCCCCCCCCCCC)COP(=O)(O)OC[C@@H](O)COP(=O)(O)OC[C@@H](COC(=O)CCCCCCC)OC(=O)CCCCCCCCCCC. The Kier molecular flexibility index (Phi) is 66.2. The molecule has 0 saturated carbocycles. The van der Waals surface area contributed by atoms with Crippen LogP contribution in [0.15, 0.2) is 0 Å². The van der Waals surface area contributed by atoms with E-state index in [1.54, 1.807) is 0 Å². The van der Waals surface area contributed by atoms with Gasteiger partial charge in [-0.05, 0) is 25.7 Å². The van der Waals surface area contributed by atoms with Crippen LogP contribution < -0.4 is 0 Å². The molecule has 17 nitrogen and oxygen atoms in total. The van der Waals surface area contributed by atoms with Crippen LogP contribution >= 0.6 is 15.6 Å². The molecule has 0 aliphatic carbocycles. The first-order valence-corrected chi connectivity index (χ1v) is 41.3. The number of carbonyl (C=O) groups excluding carboxylic acids is 4. The Labute approximate surface area is 562 Å². The molecule has 92 heavy (non-hydrogen) atoms. The number of hydrogen-bond acceptors (Lipinski definition) is 15. The van der Waals surface area contributed by atoms with Gasteiger partial charge in [-0.2, -0.15) is 0 Å². The molecule has 0 aliphatic heterocycles. The zero-order valence-corrected chi connectivity index (χ0v) is 61.3. The highest BCUT2D eigenvalue weighted by Crippen LogP contribution is 2.45. The van der Waals surface area contributed by atoms with E-state index in [0.29, 0.717) is 25.7 Å². The molecule has 0 aliphatic rings. The van der Waals surface area contributed by atoms with E-state index in [4.69, 9.17) is 37.0 Å². The third-order valence-electron chi connectivity index (χ3n) is 17.1. The predicted molar refractivity (Wildman–Crippen MR) is 372 cm³/mol. The second kappa shape index (κ2) is 67.6. The van der Waals surface area contributed by atoms with Crippen LogP contribution in [0.4, 0.5) is 0 Å². The fraction of sp³-hybridized carbons (Fsp3) is 0.945. The molecule has 0 aromatic carbocycles. The molecule has 5 atom stereocenters. The average molecular weight is 1350 g/mol. The molecule has 0 bridgehead atoms. The Balaban J connectivity index is 5.08. The molecule has 546 valence electrons. The van der Waals surface area contributed by atoms with Gasteiger partial charge in [-0.3, -0.25) is 37.3 Å². The van der Waals surface area contributed by atoms with Gasteiger partial charge in [0.2, 0.25) is 0 Å². The maximum atomic E-state index is 13.1. The monoisotopic (exact) mass is 1350 g/mol. The Bertz CT molecular complexity index is 1760. The lowest BCUT2D eigenvalue weighted by Gasteiger charge is -2.21. The van der Waals surface area contributed by atoms with Crippen molar-refractivity contribution >= 4 is 39.5 Å². The largest absolute Gasteiger partial charge is 0.472 e. The van der Waals surface area contributed by atoms with Crippen LogP contribution in [-0.4, -0.2) is 96.7 Å². The Morgan fingerprint density at radius 1 is 0.261 bits per heavy atom. The zero-order valence-electron chi connectivity index (χ0n) is 59.5. The topological polar surface area (TPSA) is 237 Å². The van der Waals surface area contributed by atoms with Crippen LogP contribution in [0.2, 0.25) is 0 Å². The lowest BCUT2D eigenvalue weighted by atomic mass is 10.0. The molecule has 0 aromatic heterocycles. The number of aliphatic hydroxyl groups excluding tert-OH is 1. The molecule has 19 heteroatoms. The van der Waals surface area contributed by atoms with E-state index in [1.807, 2.05) is 0 Å². The van der Waals surface area contributed by atoms with Gasteiger partial charge in [-0.15, -0.1) is 0 Å². The van der Waals surface area contributed by atoms with Crippen LogP contribution in [-0.2, 0) is 65.4 Å². The highest BCUT2D eigenvalue weighted by molar-refractivity contribution is 7.47. The van der Waals surface area contributed by atoms with E-state index in [-0.39, 0.29) is 25.7 Å². The number of aliphatic hydroxyl groups is 1. The summed E-state index contributed by atoms with van der Waals surface area (Å²) in [6.45, 7) is 4.85. The van der Waals surface area contributed by atoms with Gasteiger partial charge in [0.1, 0.15) is 19.3 Å². The summed E-state index contributed by atoms with van der Waals surface area (Å²) in [6, 6.07) is 0. The zero-order chi connectivity index (χ0) is 67.5. The number of carbonyl (C=O) groups is 4. The van der Waals surface area contributed by atoms with Crippen molar-refractivity contribution in [2.75, 3.05) is 39.6 Å². The van der Waals surface area contributed by atoms with Gasteiger partial charge in [0, 0.05) is 25.7 Å². The van der Waals surface area contributed by atoms with Crippen molar-refractivity contribution in [2.45, 2.75) is 406 Å². The highest BCUT2D eigenvalue weighted by atomic mass is 31.2. The first-order valence-electron chi connectivity index (χ1n) is 38.3. The second-order valence-corrected chi connectivity index (χ2v) is 29.2. The Morgan fingerprint density at radius 2 is 0.435 bits per heavy atom. The summed E-state index contributed by atoms with van der Waals surface area (Å²) in [5.41, 5.74) is 0. The summed E-state index contributed by atoms with van der Waals surface area (Å²) in [5.74, 6) is -2.13. The number of ether oxygens (including phenoxy) is 4. The Morgan fingerprint density at radius 3 is 0.641 bits per heavy atom. The Hall–Kier alpha value is -1.94. The summed E-state index contributed by atoms with van der Waals surface area (Å²) in [7, 11) is -9.89. The molecular weight excluding hydrogens is 1210 g/mol. The van der Waals surface area contributed by atoms with E-state index in [0.717, 1.165) is 96.3 Å². The highest BCUT2D eigenvalue weighted by Gasteiger charge is 2.30. The molecule has 3 N–H and O–H groups in total. The quantitative estimate of drug-likeness (QED) is 0.0222. The summed E-state index contributed by atoms with van der Waals surface area (Å²) >= 11 is 0. The molecule has 0 aromatic rings. The van der Waals surface area contributed by atoms with Gasteiger partial charge in [-0.25, -0.2) is 9.13 Å². The minimum Gasteiger partial charge on any atom is -0.462 e. The minimum atomic E-state index is -4.95. The number of phosphoric acid groups is 2. The van der Waals surface area contributed by atoms with Crippen molar-refractivity contribution in [3.05, 3.63) is 0 Å². The third kappa shape index (κ3) is 66.7. The second-order valence-electron chi connectivity index (χ2n) is 26.3. The molecule has 0 fully saturated rings. The molecule has 2 unspecified atom stereocenters. The molecule has 0 amide bonds. The van der Waals surface area contributed by atoms with Crippen molar-refractivity contribution in [2.24, 2.45) is 0 Å². The number of phosphoric ester groups is 2. The van der Waals surface area contributed by atoms with E-state index in [2.05, 4.69) is 27.7 Å². The summed E-state index contributed by atoms with van der Waals surface area (Å²) in [5, 5.41) is 10.6. The minimum absolute atomic E-state index is 0.105. The van der Waals surface area contributed by atoms with Crippen LogP contribution in [0.3, 0.4) is 0 Å². The van der Waals surface area contributed by atoms with Crippen molar-refractivity contribution in [3.8, 4) is 0 Å². The molecule has 0 spiro atoms. The summed E-state index contributed by atoms with van der Waals surface area (Å²) in [6.07, 6.45) is 57.5. The van der Waals surface area contributed by atoms with Crippen LogP contribution in [0.1, 0.15) is 387 Å². The van der Waals surface area contributed by atoms with Crippen LogP contribution in [0, 0.1) is 0 Å². The predicted octanol–water partition coefficient (Wildman–Crippen LogP) is 21.4. The van der Waals surface area contributed by atoms with E-state index >= 15 is 0 Å². The van der Waals surface area contributed by atoms with Crippen molar-refractivity contribution in [1.29, 1.82) is 0 Å². The molecular formula is C73H142O17P2. The molecule has 0 saturated heterocycles. The van der Waals surface area contributed by atoms with E-state index < -0.39 is 97.5 Å². The normalized spacial score (nSPS) is 13.9. The first kappa shape index (κ1) is 90.1. The maximum Gasteiger partial charge on any atom is 0.472 e. The fourth-order valence-corrected chi connectivity index (χ4v) is 12.8.